The number of urea groups is 1. The molecule has 0 atom stereocenters. The van der Waals surface area contributed by atoms with Crippen molar-refractivity contribution in [1.29, 1.82) is 5.26 Å². The highest BCUT2D eigenvalue weighted by atomic mass is 16.4. The number of carboxylic acid groups (broad SMARTS) is 1. The summed E-state index contributed by atoms with van der Waals surface area (Å²) in [6.45, 7) is 0.726. The maximum atomic E-state index is 11.5. The van der Waals surface area contributed by atoms with Gasteiger partial charge in [-0.2, -0.15) is 5.26 Å². The number of nitrogens with zero attached hydrogens (tertiary/aromatic N) is 28. The van der Waals surface area contributed by atoms with Crippen molar-refractivity contribution in [3.05, 3.63) is 0 Å². The maximum Gasteiger partial charge on any atom is 0.361 e. The summed E-state index contributed by atoms with van der Waals surface area (Å²) in [5, 5.41) is 98.9. The quantitative estimate of drug-likeness (QED) is 0.0672. The summed E-state index contributed by atoms with van der Waals surface area (Å²) < 4.78 is 0.255. The summed E-state index contributed by atoms with van der Waals surface area (Å²) in [7, 11) is 3.51. The minimum Gasteiger partial charge on any atom is -0.477 e. The molecule has 32 heteroatoms. The summed E-state index contributed by atoms with van der Waals surface area (Å²) in [4.78, 5) is 22.2. The van der Waals surface area contributed by atoms with Crippen LogP contribution >= 0.6 is 0 Å². The van der Waals surface area contributed by atoms with Crippen LogP contribution < -0.4 is 5.32 Å². The molecular weight excluding hydrogens is 706 g/mol. The Morgan fingerprint density at radius 3 is 1.25 bits per heavy atom. The van der Waals surface area contributed by atoms with Gasteiger partial charge in [-0.3, -0.25) is 0 Å². The van der Waals surface area contributed by atoms with Crippen molar-refractivity contribution in [2.75, 3.05) is 33.7 Å². The molecule has 32 nitrogen and oxygen atoms in total. The second-order valence-corrected chi connectivity index (χ2v) is 7.74. The van der Waals surface area contributed by atoms with Crippen LogP contribution in [0.4, 0.5) is 4.79 Å². The molecule has 0 saturated heterocycles. The molecule has 0 bridgehead atoms. The lowest BCUT2D eigenvalue weighted by molar-refractivity contribution is -0.883. The van der Waals surface area contributed by atoms with Crippen LogP contribution in [0.2, 0.25) is 0 Å². The molecule has 262 valence electrons. The molecule has 2 N–H and O–H groups in total. The number of carboxylic acids is 1. The molecule has 0 aliphatic heterocycles. The van der Waals surface area contributed by atoms with Gasteiger partial charge in [-0.05, 0) is 83.6 Å². The van der Waals surface area contributed by atoms with E-state index in [1.165, 1.54) is 0 Å². The summed E-state index contributed by atoms with van der Waals surface area (Å²) in [5.41, 5.74) is 0. The molecule has 0 aliphatic rings. The monoisotopic (exact) mass is 722 g/mol. The van der Waals surface area contributed by atoms with Crippen LogP contribution in [0.5, 0.6) is 0 Å². The lowest BCUT2D eigenvalue weighted by Gasteiger charge is -2.27. The van der Waals surface area contributed by atoms with Crippen LogP contribution in [-0.2, 0) is 4.79 Å². The highest BCUT2D eigenvalue weighted by Gasteiger charge is 2.18. The Bertz CT molecular complexity index is 2040. The second kappa shape index (κ2) is 33.9. The number of hydrogen-bond donors (Lipinski definition) is 2. The van der Waals surface area contributed by atoms with Gasteiger partial charge in [-0.25, -0.2) is 9.59 Å². The molecule has 2 amide bonds. The third-order valence-electron chi connectivity index (χ3n) is 3.67. The average molecular weight is 723 g/mol. The predicted octanol–water partition coefficient (Wildman–Crippen LogP) is 4.61. The molecule has 0 aromatic carbocycles. The summed E-state index contributed by atoms with van der Waals surface area (Å²) in [6.07, 6.45) is 0.517. The molecule has 0 radical (unpaired) electrons. The number of likely N-dealkylation sites (N-methyl/N-ethyl adjacent to an activating group) is 1. The van der Waals surface area contributed by atoms with Gasteiger partial charge in [0.2, 0.25) is 0 Å². The van der Waals surface area contributed by atoms with E-state index in [2.05, 4.69) is 212 Å². The lowest BCUT2D eigenvalue weighted by atomic mass is 10.3. The Hall–Kier alpha value is -9.45. The number of carbonyl (C=O) groups is 2. The van der Waals surface area contributed by atoms with Crippen molar-refractivity contribution in [1.82, 2.24) is 5.32 Å². The fourth-order valence-corrected chi connectivity index (χ4v) is 2.04. The summed E-state index contributed by atoms with van der Waals surface area (Å²) in [5.74, 6) is 24.7. The molecule has 0 spiro atoms. The van der Waals surface area contributed by atoms with Crippen molar-refractivity contribution in [2.45, 2.75) is 6.42 Å². The minimum absolute atomic E-state index is 0.0463. The van der Waals surface area contributed by atoms with Gasteiger partial charge in [0.15, 0.2) is 12.6 Å². The van der Waals surface area contributed by atoms with Gasteiger partial charge in [-0.1, -0.05) is 10.2 Å². The van der Waals surface area contributed by atoms with Gasteiger partial charge in [0.1, 0.15) is 0 Å². The highest BCUT2D eigenvalue weighted by Crippen LogP contribution is 1.98. The van der Waals surface area contributed by atoms with E-state index in [1.807, 2.05) is 0 Å². The van der Waals surface area contributed by atoms with Gasteiger partial charge in [0, 0.05) is 120 Å². The largest absolute Gasteiger partial charge is 0.477 e. The zero-order chi connectivity index (χ0) is 38.8. The van der Waals surface area contributed by atoms with Crippen LogP contribution in [0.15, 0.2) is 136 Å². The molecule has 0 heterocycles. The smallest absolute Gasteiger partial charge is 0.361 e. The van der Waals surface area contributed by atoms with Crippen molar-refractivity contribution >= 4 is 12.0 Å². The third kappa shape index (κ3) is 36.9. The lowest BCUT2D eigenvalue weighted by Crippen LogP contribution is -2.45. The second-order valence-electron chi connectivity index (χ2n) is 7.74. The fourth-order valence-electron chi connectivity index (χ4n) is 2.04. The van der Waals surface area contributed by atoms with E-state index in [0.29, 0.717) is 13.0 Å². The molecule has 0 rings (SSSR count). The molecule has 0 fully saturated rings. The number of aliphatic carboxylic acids is 1. The van der Waals surface area contributed by atoms with E-state index in [9.17, 15) is 9.59 Å². The Morgan fingerprint density at radius 1 is 0.528 bits per heavy atom. The molecule has 53 heavy (non-hydrogen) atoms. The average Bonchev–Trinajstić information content (AvgIpc) is 3.12. The van der Waals surface area contributed by atoms with Gasteiger partial charge >= 0.3 is 12.0 Å². The van der Waals surface area contributed by atoms with E-state index < -0.39 is 12.0 Å². The SMILES string of the molecule is C[N+](C)(CCCNC(=O)/N=N/N=N/N=N/N=N/N=N/N=N/N=N/N=N/N=N/N=N/N=N/N=N/N=NC#CC#CC#CC#CC#CC#CC#N)CC(=O)O. The Morgan fingerprint density at radius 2 is 0.868 bits per heavy atom. The predicted molar refractivity (Wildman–Crippen MR) is 163 cm³/mol. The summed E-state index contributed by atoms with van der Waals surface area (Å²) in [6, 6.07) is 2.98. The number of amides is 2. The molecule has 0 aromatic heterocycles. The Labute approximate surface area is 295 Å². The van der Waals surface area contributed by atoms with E-state index in [1.54, 1.807) is 20.2 Å². The van der Waals surface area contributed by atoms with Gasteiger partial charge in [-0.15, -0.1) is 0 Å². The van der Waals surface area contributed by atoms with Crippen molar-refractivity contribution in [2.24, 2.45) is 136 Å². The maximum absolute atomic E-state index is 11.5. The van der Waals surface area contributed by atoms with E-state index in [4.69, 9.17) is 10.4 Å². The molecule has 0 saturated carbocycles. The zero-order valence-electron chi connectivity index (χ0n) is 26.6. The molecule has 0 aliphatic carbocycles. The van der Waals surface area contributed by atoms with Crippen molar-refractivity contribution < 1.29 is 19.2 Å². The number of rotatable bonds is 18. The van der Waals surface area contributed by atoms with E-state index in [-0.39, 0.29) is 17.6 Å². The van der Waals surface area contributed by atoms with Crippen molar-refractivity contribution in [3.8, 4) is 77.2 Å². The Kier molecular flexibility index (Phi) is 27.9. The molecule has 0 aromatic rings. The fraction of sp³-hybridized carbons (Fsp3) is 0.286. The zero-order valence-corrected chi connectivity index (χ0v) is 26.6. The number of hydrogen-bond acceptors (Lipinski definition) is 4. The third-order valence-corrected chi connectivity index (χ3v) is 3.67. The normalized spacial score (nSPS) is 11.7. The van der Waals surface area contributed by atoms with Crippen LogP contribution in [-0.4, -0.2) is 55.3 Å². The van der Waals surface area contributed by atoms with Crippen LogP contribution in [0.25, 0.3) is 0 Å². The van der Waals surface area contributed by atoms with Crippen LogP contribution in [0.1, 0.15) is 6.42 Å². The first kappa shape index (κ1) is 43.5. The first-order valence-electron chi connectivity index (χ1n) is 12.8. The van der Waals surface area contributed by atoms with Gasteiger partial charge < -0.3 is 14.9 Å². The number of nitrogens with one attached hydrogen (secondary N) is 1. The number of carbonyl (C=O) groups excluding carboxylic acids is 1. The topological polar surface area (TPSA) is 412 Å². The van der Waals surface area contributed by atoms with Gasteiger partial charge in [0.25, 0.3) is 0 Å². The number of quaternary nitrogens is 1. The molecule has 0 unspecified atom stereocenters. The standard InChI is InChI=1S/C21H15N29O3/c1-50(2,19-20(51)52)18-14-16-23-21(53)25-27-29-31-33-35-37-39-41-43-45-47-49-48-46-44-42-40-38-36-34-32-30-28-26-24-17-13-11-9-7-5-3-4-6-8-10-12-15-22/h14,16,18-19H2,1-2H3,(H-,23,51,52,53)/p+1/b26-24?,27-25+,30-28+,31-29+,34-32+,35-33+,38-36+,39-37+,42-40+,43-41+,46-44+,47-45+,49-48+. The van der Waals surface area contributed by atoms with E-state index in [0.717, 1.165) is 0 Å². The Balaban J connectivity index is 4.14. The minimum atomic E-state index is -0.919. The van der Waals surface area contributed by atoms with Crippen LogP contribution in [0.3, 0.4) is 0 Å². The number of nitriles is 1. The molecular formula is C21H16N29O3+. The van der Waals surface area contributed by atoms with Gasteiger partial charge in [0.05, 0.1) is 26.7 Å². The highest BCUT2D eigenvalue weighted by molar-refractivity contribution is 5.74. The summed E-state index contributed by atoms with van der Waals surface area (Å²) >= 11 is 0. The first-order valence-corrected chi connectivity index (χ1v) is 12.8. The van der Waals surface area contributed by atoms with E-state index >= 15 is 0 Å². The van der Waals surface area contributed by atoms with Crippen LogP contribution in [0, 0.1) is 82.5 Å². The van der Waals surface area contributed by atoms with Crippen molar-refractivity contribution in [3.63, 3.8) is 0 Å². The first-order chi connectivity index (χ1) is 25.9.